The molecule has 0 bridgehead atoms. The lowest BCUT2D eigenvalue weighted by Crippen LogP contribution is -2.28. The van der Waals surface area contributed by atoms with Gasteiger partial charge in [-0.15, -0.1) is 0 Å². The summed E-state index contributed by atoms with van der Waals surface area (Å²) in [5, 5.41) is 12.0. The van der Waals surface area contributed by atoms with Crippen molar-refractivity contribution in [3.8, 4) is 5.75 Å². The van der Waals surface area contributed by atoms with Crippen LogP contribution in [-0.4, -0.2) is 26.1 Å². The fraction of sp³-hybridized carbons (Fsp3) is 0.500. The molecule has 1 aliphatic heterocycles. The summed E-state index contributed by atoms with van der Waals surface area (Å²) in [6.07, 6.45) is 1.80. The molecule has 18 heavy (non-hydrogen) atoms. The van der Waals surface area contributed by atoms with Crippen molar-refractivity contribution in [2.45, 2.75) is 26.6 Å². The normalized spacial score (nSPS) is 14.6. The Labute approximate surface area is 106 Å². The van der Waals surface area contributed by atoms with Crippen LogP contribution in [0.5, 0.6) is 5.75 Å². The minimum Gasteiger partial charge on any atom is -0.484 e. The van der Waals surface area contributed by atoms with Gasteiger partial charge in [-0.1, -0.05) is 0 Å². The quantitative estimate of drug-likeness (QED) is 0.863. The van der Waals surface area contributed by atoms with Crippen LogP contribution in [0, 0.1) is 6.92 Å². The maximum Gasteiger partial charge on any atom is 0.162 e. The van der Waals surface area contributed by atoms with Crippen molar-refractivity contribution in [3.05, 3.63) is 29.3 Å². The fourth-order valence-electron chi connectivity index (χ4n) is 2.23. The molecule has 0 fully saturated rings. The summed E-state index contributed by atoms with van der Waals surface area (Å²) in [6.45, 7) is 5.20. The van der Waals surface area contributed by atoms with Crippen molar-refractivity contribution >= 4 is 0 Å². The third kappa shape index (κ3) is 1.99. The van der Waals surface area contributed by atoms with E-state index in [2.05, 4.69) is 15.5 Å². The standard InChI is InChI=1S/C12H17N5O/c1-9-5-10(16(2)15-9)8-18-12-7-14-17-4-3-13-6-11(12)17/h5,7,13H,3-4,6,8H2,1-2H3. The van der Waals surface area contributed by atoms with Gasteiger partial charge in [-0.25, -0.2) is 0 Å². The minimum atomic E-state index is 0.524. The Morgan fingerprint density at radius 1 is 1.50 bits per heavy atom. The molecule has 1 N–H and O–H groups in total. The summed E-state index contributed by atoms with van der Waals surface area (Å²) in [4.78, 5) is 0. The van der Waals surface area contributed by atoms with E-state index in [0.717, 1.165) is 42.5 Å². The van der Waals surface area contributed by atoms with Gasteiger partial charge in [-0.2, -0.15) is 10.2 Å². The Bertz CT molecular complexity index is 557. The predicted molar refractivity (Wildman–Crippen MR) is 66.2 cm³/mol. The molecule has 0 radical (unpaired) electrons. The molecule has 0 unspecified atom stereocenters. The maximum absolute atomic E-state index is 5.84. The maximum atomic E-state index is 5.84. The highest BCUT2D eigenvalue weighted by Crippen LogP contribution is 2.20. The molecule has 3 heterocycles. The van der Waals surface area contributed by atoms with Gasteiger partial charge >= 0.3 is 0 Å². The second kappa shape index (κ2) is 4.45. The molecule has 0 atom stereocenters. The van der Waals surface area contributed by atoms with Gasteiger partial charge in [-0.3, -0.25) is 9.36 Å². The number of hydrogen-bond donors (Lipinski definition) is 1. The summed E-state index contributed by atoms with van der Waals surface area (Å²) in [5.41, 5.74) is 3.20. The molecule has 6 heteroatoms. The monoisotopic (exact) mass is 247 g/mol. The van der Waals surface area contributed by atoms with Crippen LogP contribution in [0.2, 0.25) is 0 Å². The van der Waals surface area contributed by atoms with Crippen molar-refractivity contribution < 1.29 is 4.74 Å². The molecule has 0 amide bonds. The van der Waals surface area contributed by atoms with Crippen LogP contribution in [0.4, 0.5) is 0 Å². The highest BCUT2D eigenvalue weighted by atomic mass is 16.5. The lowest BCUT2D eigenvalue weighted by molar-refractivity contribution is 0.288. The second-order valence-corrected chi connectivity index (χ2v) is 4.54. The molecular formula is C12H17N5O. The van der Waals surface area contributed by atoms with Crippen LogP contribution in [0.25, 0.3) is 0 Å². The van der Waals surface area contributed by atoms with E-state index >= 15 is 0 Å². The molecule has 0 saturated heterocycles. The van der Waals surface area contributed by atoms with Crippen molar-refractivity contribution in [3.63, 3.8) is 0 Å². The molecule has 2 aromatic rings. The van der Waals surface area contributed by atoms with Crippen LogP contribution >= 0.6 is 0 Å². The topological polar surface area (TPSA) is 56.9 Å². The average Bonchev–Trinajstić information content (AvgIpc) is 2.90. The van der Waals surface area contributed by atoms with E-state index in [4.69, 9.17) is 4.74 Å². The van der Waals surface area contributed by atoms with Crippen LogP contribution in [-0.2, 0) is 26.7 Å². The molecule has 0 aliphatic carbocycles. The van der Waals surface area contributed by atoms with Crippen molar-refractivity contribution in [2.24, 2.45) is 7.05 Å². The number of fused-ring (bicyclic) bond motifs is 1. The van der Waals surface area contributed by atoms with Crippen LogP contribution < -0.4 is 10.1 Å². The van der Waals surface area contributed by atoms with Gasteiger partial charge in [0.15, 0.2) is 5.75 Å². The number of aromatic nitrogens is 4. The number of ether oxygens (including phenoxy) is 1. The van der Waals surface area contributed by atoms with Crippen LogP contribution in [0.3, 0.4) is 0 Å². The Balaban J connectivity index is 1.73. The van der Waals surface area contributed by atoms with E-state index < -0.39 is 0 Å². The van der Waals surface area contributed by atoms with E-state index in [9.17, 15) is 0 Å². The lowest BCUT2D eigenvalue weighted by Gasteiger charge is -2.16. The highest BCUT2D eigenvalue weighted by molar-refractivity contribution is 5.26. The highest BCUT2D eigenvalue weighted by Gasteiger charge is 2.15. The summed E-state index contributed by atoms with van der Waals surface area (Å²) >= 11 is 0. The van der Waals surface area contributed by atoms with E-state index in [-0.39, 0.29) is 0 Å². The molecule has 3 rings (SSSR count). The van der Waals surface area contributed by atoms with E-state index in [1.54, 1.807) is 6.20 Å². The van der Waals surface area contributed by atoms with Crippen LogP contribution in [0.15, 0.2) is 12.3 Å². The number of nitrogens with one attached hydrogen (secondary N) is 1. The number of rotatable bonds is 3. The zero-order valence-corrected chi connectivity index (χ0v) is 10.7. The van der Waals surface area contributed by atoms with Gasteiger partial charge < -0.3 is 10.1 Å². The Morgan fingerprint density at radius 3 is 3.17 bits per heavy atom. The zero-order chi connectivity index (χ0) is 12.5. The van der Waals surface area contributed by atoms with E-state index in [1.807, 2.05) is 29.4 Å². The first-order valence-corrected chi connectivity index (χ1v) is 6.12. The Hall–Kier alpha value is -1.82. The summed E-state index contributed by atoms with van der Waals surface area (Å²) in [7, 11) is 1.93. The third-order valence-corrected chi connectivity index (χ3v) is 3.18. The zero-order valence-electron chi connectivity index (χ0n) is 10.7. The molecule has 2 aromatic heterocycles. The molecule has 6 nitrogen and oxygen atoms in total. The molecule has 0 aromatic carbocycles. The molecule has 1 aliphatic rings. The van der Waals surface area contributed by atoms with E-state index in [0.29, 0.717) is 6.61 Å². The Morgan fingerprint density at radius 2 is 2.39 bits per heavy atom. The Kier molecular flexibility index (Phi) is 2.79. The first-order chi connectivity index (χ1) is 8.74. The largest absolute Gasteiger partial charge is 0.484 e. The van der Waals surface area contributed by atoms with Gasteiger partial charge in [0.2, 0.25) is 0 Å². The van der Waals surface area contributed by atoms with Gasteiger partial charge in [0.25, 0.3) is 0 Å². The van der Waals surface area contributed by atoms with Crippen LogP contribution in [0.1, 0.15) is 17.1 Å². The number of nitrogens with zero attached hydrogens (tertiary/aromatic N) is 4. The first kappa shape index (κ1) is 11.3. The predicted octanol–water partition coefficient (Wildman–Crippen LogP) is 0.607. The number of hydrogen-bond acceptors (Lipinski definition) is 4. The third-order valence-electron chi connectivity index (χ3n) is 3.18. The van der Waals surface area contributed by atoms with Gasteiger partial charge in [0.05, 0.1) is 29.8 Å². The van der Waals surface area contributed by atoms with Crippen molar-refractivity contribution in [2.75, 3.05) is 6.54 Å². The smallest absolute Gasteiger partial charge is 0.162 e. The SMILES string of the molecule is Cc1cc(COc2cnn3c2CNCC3)n(C)n1. The molecular weight excluding hydrogens is 230 g/mol. The van der Waals surface area contributed by atoms with E-state index in [1.165, 1.54) is 0 Å². The minimum absolute atomic E-state index is 0.524. The van der Waals surface area contributed by atoms with Gasteiger partial charge in [-0.05, 0) is 13.0 Å². The lowest BCUT2D eigenvalue weighted by atomic mass is 10.3. The molecule has 0 saturated carbocycles. The summed E-state index contributed by atoms with van der Waals surface area (Å²) in [5.74, 6) is 0.862. The fourth-order valence-corrected chi connectivity index (χ4v) is 2.23. The molecule has 96 valence electrons. The summed E-state index contributed by atoms with van der Waals surface area (Å²) in [6, 6.07) is 2.04. The summed E-state index contributed by atoms with van der Waals surface area (Å²) < 4.78 is 9.69. The van der Waals surface area contributed by atoms with Crippen molar-refractivity contribution in [1.82, 2.24) is 24.9 Å². The number of aryl methyl sites for hydroxylation is 2. The van der Waals surface area contributed by atoms with Gasteiger partial charge in [0, 0.05) is 20.1 Å². The van der Waals surface area contributed by atoms with Gasteiger partial charge in [0.1, 0.15) is 6.61 Å². The first-order valence-electron chi connectivity index (χ1n) is 6.12. The van der Waals surface area contributed by atoms with Crippen molar-refractivity contribution in [1.29, 1.82) is 0 Å². The second-order valence-electron chi connectivity index (χ2n) is 4.54. The average molecular weight is 247 g/mol. The molecule has 0 spiro atoms.